The first-order chi connectivity index (χ1) is 12.7. The zero-order chi connectivity index (χ0) is 17.9. The molecule has 26 heavy (non-hydrogen) atoms. The van der Waals surface area contributed by atoms with E-state index < -0.39 is 0 Å². The van der Waals surface area contributed by atoms with Crippen molar-refractivity contribution >= 4 is 0 Å². The fraction of sp³-hybridized carbons (Fsp3) is 0.450. The molecule has 0 amide bonds. The van der Waals surface area contributed by atoms with Crippen molar-refractivity contribution in [1.29, 1.82) is 0 Å². The molecule has 1 aliphatic heterocycles. The van der Waals surface area contributed by atoms with Crippen molar-refractivity contribution in [3.05, 3.63) is 65.8 Å². The number of hydrogen-bond donors (Lipinski definition) is 0. The molecule has 0 spiro atoms. The molecule has 3 aromatic rings. The van der Waals surface area contributed by atoms with Crippen LogP contribution in [0.2, 0.25) is 0 Å². The molecule has 1 aromatic carbocycles. The van der Waals surface area contributed by atoms with Gasteiger partial charge in [0.15, 0.2) is 5.82 Å². The summed E-state index contributed by atoms with van der Waals surface area (Å²) in [6.45, 7) is 6.84. The molecule has 1 unspecified atom stereocenters. The van der Waals surface area contributed by atoms with Gasteiger partial charge in [-0.1, -0.05) is 49.3 Å². The summed E-state index contributed by atoms with van der Waals surface area (Å²) in [7, 11) is 0. The first-order valence-corrected chi connectivity index (χ1v) is 9.32. The molecule has 6 heteroatoms. The van der Waals surface area contributed by atoms with E-state index in [0.29, 0.717) is 0 Å². The molecule has 136 valence electrons. The Bertz CT molecular complexity index is 839. The quantitative estimate of drug-likeness (QED) is 0.676. The average Bonchev–Trinajstić information content (AvgIpc) is 3.37. The van der Waals surface area contributed by atoms with E-state index in [1.165, 1.54) is 5.56 Å². The number of hydrogen-bond acceptors (Lipinski definition) is 5. The summed E-state index contributed by atoms with van der Waals surface area (Å²) >= 11 is 0. The van der Waals surface area contributed by atoms with Crippen molar-refractivity contribution in [2.24, 2.45) is 0 Å². The molecule has 0 aliphatic carbocycles. The SMILES string of the molecule is CC(C)c1noc(C2CCCN2Cc2nccn2Cc2ccccc2)n1. The van der Waals surface area contributed by atoms with Crippen molar-refractivity contribution in [2.45, 2.75) is 51.7 Å². The summed E-state index contributed by atoms with van der Waals surface area (Å²) in [6.07, 6.45) is 6.13. The summed E-state index contributed by atoms with van der Waals surface area (Å²) in [5.41, 5.74) is 1.28. The van der Waals surface area contributed by atoms with Crippen LogP contribution in [0.5, 0.6) is 0 Å². The second kappa shape index (κ2) is 7.41. The van der Waals surface area contributed by atoms with Gasteiger partial charge in [-0.05, 0) is 24.9 Å². The second-order valence-corrected chi connectivity index (χ2v) is 7.23. The van der Waals surface area contributed by atoms with E-state index in [2.05, 4.69) is 68.9 Å². The van der Waals surface area contributed by atoms with Crippen LogP contribution < -0.4 is 0 Å². The normalized spacial score (nSPS) is 18.0. The summed E-state index contributed by atoms with van der Waals surface area (Å²) < 4.78 is 7.78. The van der Waals surface area contributed by atoms with Gasteiger partial charge in [-0.2, -0.15) is 4.98 Å². The Kier molecular flexibility index (Phi) is 4.84. The Morgan fingerprint density at radius 3 is 2.81 bits per heavy atom. The molecular weight excluding hydrogens is 326 g/mol. The lowest BCUT2D eigenvalue weighted by molar-refractivity contribution is 0.195. The first kappa shape index (κ1) is 17.0. The van der Waals surface area contributed by atoms with Crippen LogP contribution >= 0.6 is 0 Å². The third-order valence-corrected chi connectivity index (χ3v) is 4.96. The van der Waals surface area contributed by atoms with Gasteiger partial charge in [0, 0.05) is 24.9 Å². The lowest BCUT2D eigenvalue weighted by atomic mass is 10.2. The van der Waals surface area contributed by atoms with E-state index in [9.17, 15) is 0 Å². The van der Waals surface area contributed by atoms with Gasteiger partial charge >= 0.3 is 0 Å². The molecule has 6 nitrogen and oxygen atoms in total. The third-order valence-electron chi connectivity index (χ3n) is 4.96. The summed E-state index contributed by atoms with van der Waals surface area (Å²) in [6, 6.07) is 10.7. The zero-order valence-electron chi connectivity index (χ0n) is 15.4. The van der Waals surface area contributed by atoms with Gasteiger partial charge in [-0.3, -0.25) is 4.90 Å². The molecule has 3 heterocycles. The van der Waals surface area contributed by atoms with Gasteiger partial charge in [-0.25, -0.2) is 4.98 Å². The van der Waals surface area contributed by atoms with E-state index in [1.54, 1.807) is 0 Å². The fourth-order valence-electron chi connectivity index (χ4n) is 3.51. The molecule has 1 fully saturated rings. The van der Waals surface area contributed by atoms with Crippen LogP contribution in [0.3, 0.4) is 0 Å². The van der Waals surface area contributed by atoms with Crippen LogP contribution in [0.4, 0.5) is 0 Å². The molecule has 0 N–H and O–H groups in total. The third kappa shape index (κ3) is 3.55. The van der Waals surface area contributed by atoms with Gasteiger partial charge in [-0.15, -0.1) is 0 Å². The Morgan fingerprint density at radius 1 is 1.19 bits per heavy atom. The molecule has 0 saturated carbocycles. The fourth-order valence-corrected chi connectivity index (χ4v) is 3.51. The Hall–Kier alpha value is -2.47. The second-order valence-electron chi connectivity index (χ2n) is 7.23. The van der Waals surface area contributed by atoms with Crippen molar-refractivity contribution in [3.8, 4) is 0 Å². The number of imidazole rings is 1. The molecule has 1 saturated heterocycles. The molecular formula is C20H25N5O. The van der Waals surface area contributed by atoms with Crippen LogP contribution in [-0.4, -0.2) is 31.1 Å². The Labute approximate surface area is 153 Å². The highest BCUT2D eigenvalue weighted by Gasteiger charge is 2.31. The number of nitrogens with zero attached hydrogens (tertiary/aromatic N) is 5. The van der Waals surface area contributed by atoms with E-state index in [-0.39, 0.29) is 12.0 Å². The van der Waals surface area contributed by atoms with Crippen molar-refractivity contribution < 1.29 is 4.52 Å². The van der Waals surface area contributed by atoms with Crippen LogP contribution in [0.1, 0.15) is 61.8 Å². The molecule has 4 rings (SSSR count). The maximum absolute atomic E-state index is 5.56. The molecule has 1 atom stereocenters. The lowest BCUT2D eigenvalue weighted by Crippen LogP contribution is -2.25. The van der Waals surface area contributed by atoms with Gasteiger partial charge in [0.25, 0.3) is 0 Å². The topological polar surface area (TPSA) is 60.0 Å². The molecule has 1 aliphatic rings. The standard InChI is InChI=1S/C20H25N5O/c1-15(2)19-22-20(26-23-19)17-9-6-11-24(17)14-18-21-10-12-25(18)13-16-7-4-3-5-8-16/h3-5,7-8,10,12,15,17H,6,9,11,13-14H2,1-2H3. The molecule has 0 bridgehead atoms. The van der Waals surface area contributed by atoms with E-state index in [1.807, 2.05) is 12.3 Å². The van der Waals surface area contributed by atoms with Crippen LogP contribution in [-0.2, 0) is 13.1 Å². The van der Waals surface area contributed by atoms with Crippen molar-refractivity contribution in [1.82, 2.24) is 24.6 Å². The maximum Gasteiger partial charge on any atom is 0.244 e. The van der Waals surface area contributed by atoms with E-state index in [4.69, 9.17) is 4.52 Å². The predicted molar refractivity (Wildman–Crippen MR) is 98.5 cm³/mol. The zero-order valence-corrected chi connectivity index (χ0v) is 15.4. The summed E-state index contributed by atoms with van der Waals surface area (Å²) in [4.78, 5) is 11.6. The van der Waals surface area contributed by atoms with E-state index >= 15 is 0 Å². The number of aromatic nitrogens is 4. The van der Waals surface area contributed by atoms with Crippen LogP contribution in [0, 0.1) is 0 Å². The molecule has 0 radical (unpaired) electrons. The van der Waals surface area contributed by atoms with Crippen molar-refractivity contribution in [3.63, 3.8) is 0 Å². The van der Waals surface area contributed by atoms with Gasteiger partial charge in [0.2, 0.25) is 5.89 Å². The largest absolute Gasteiger partial charge is 0.338 e. The number of benzene rings is 1. The number of rotatable bonds is 6. The predicted octanol–water partition coefficient (Wildman–Crippen LogP) is 3.77. The van der Waals surface area contributed by atoms with E-state index in [0.717, 1.165) is 50.0 Å². The molecule has 2 aromatic heterocycles. The minimum Gasteiger partial charge on any atom is -0.338 e. The van der Waals surface area contributed by atoms with Gasteiger partial charge in [0.1, 0.15) is 5.82 Å². The van der Waals surface area contributed by atoms with Crippen LogP contribution in [0.25, 0.3) is 0 Å². The van der Waals surface area contributed by atoms with Crippen molar-refractivity contribution in [2.75, 3.05) is 6.54 Å². The summed E-state index contributed by atoms with van der Waals surface area (Å²) in [5.74, 6) is 2.89. The van der Waals surface area contributed by atoms with Gasteiger partial charge < -0.3 is 9.09 Å². The average molecular weight is 351 g/mol. The Balaban J connectivity index is 1.49. The Morgan fingerprint density at radius 2 is 2.04 bits per heavy atom. The van der Waals surface area contributed by atoms with Gasteiger partial charge in [0.05, 0.1) is 12.6 Å². The highest BCUT2D eigenvalue weighted by atomic mass is 16.5. The van der Waals surface area contributed by atoms with Crippen LogP contribution in [0.15, 0.2) is 47.2 Å². The minimum atomic E-state index is 0.192. The monoisotopic (exact) mass is 351 g/mol. The summed E-state index contributed by atoms with van der Waals surface area (Å²) in [5, 5.41) is 4.13. The highest BCUT2D eigenvalue weighted by Crippen LogP contribution is 2.32. The minimum absolute atomic E-state index is 0.192. The highest BCUT2D eigenvalue weighted by molar-refractivity contribution is 5.16. The maximum atomic E-state index is 5.56. The first-order valence-electron chi connectivity index (χ1n) is 9.32. The number of likely N-dealkylation sites (tertiary alicyclic amines) is 1. The lowest BCUT2D eigenvalue weighted by Gasteiger charge is -2.21. The smallest absolute Gasteiger partial charge is 0.244 e.